The minimum Gasteiger partial charge on any atom is -0.114 e. The lowest BCUT2D eigenvalue weighted by Gasteiger charge is -1.78. The highest BCUT2D eigenvalue weighted by Crippen LogP contribution is 1.86. The molecule has 53 valence electrons. The Labute approximate surface area is 86.5 Å². The quantitative estimate of drug-likeness (QED) is 0.684. The number of unbranched alkanes of at least 4 members (excludes halogenated alkanes) is 1. The zero-order valence-electron chi connectivity index (χ0n) is 4.85. The van der Waals surface area contributed by atoms with Crippen LogP contribution in [0.5, 0.6) is 0 Å². The van der Waals surface area contributed by atoms with Crippen LogP contribution in [-0.4, -0.2) is 10.2 Å². The maximum atomic E-state index is 3.35. The minimum absolute atomic E-state index is 0. The molecule has 0 N–H and O–H groups in total. The van der Waals surface area contributed by atoms with Gasteiger partial charge in [0.2, 0.25) is 0 Å². The molecule has 0 bridgehead atoms. The molecule has 0 nitrogen and oxygen atoms in total. The fourth-order valence-corrected chi connectivity index (χ4v) is 0.530. The predicted octanol–water partition coefficient (Wildman–Crippen LogP) is 3.11. The highest BCUT2D eigenvalue weighted by molar-refractivity contribution is 8.93. The second-order valence-corrected chi connectivity index (χ2v) is 1.60. The summed E-state index contributed by atoms with van der Waals surface area (Å²) in [5.74, 6) is 0. The molecule has 0 unspecified atom stereocenters. The molecule has 0 aromatic heterocycles. The van der Waals surface area contributed by atoms with Crippen molar-refractivity contribution >= 4 is 61.2 Å². The van der Waals surface area contributed by atoms with Crippen LogP contribution in [0.2, 0.25) is 6.04 Å². The lowest BCUT2D eigenvalue weighted by atomic mass is 10.4. The Morgan fingerprint density at radius 1 is 1.12 bits per heavy atom. The molecular formula is C4H12Br3Si. The van der Waals surface area contributed by atoms with E-state index in [1.165, 1.54) is 12.8 Å². The third-order valence-corrected chi connectivity index (χ3v) is 0.884. The molecule has 0 saturated heterocycles. The van der Waals surface area contributed by atoms with Crippen molar-refractivity contribution in [2.75, 3.05) is 0 Å². The fraction of sp³-hybridized carbons (Fsp3) is 1.00. The molecule has 4 heteroatoms. The highest BCUT2D eigenvalue weighted by atomic mass is 79.9. The van der Waals surface area contributed by atoms with Crippen LogP contribution in [0, 0.1) is 0 Å². The first-order valence-corrected chi connectivity index (χ1v) is 2.77. The van der Waals surface area contributed by atoms with Gasteiger partial charge in [0.1, 0.15) is 0 Å². The molecule has 0 aromatic carbocycles. The van der Waals surface area contributed by atoms with E-state index in [0.29, 0.717) is 0 Å². The first-order chi connectivity index (χ1) is 2.41. The summed E-state index contributed by atoms with van der Waals surface area (Å²) in [5, 5.41) is 0. The van der Waals surface area contributed by atoms with Crippen molar-refractivity contribution in [3.8, 4) is 0 Å². The zero-order valence-corrected chi connectivity index (χ0v) is 11.0. The lowest BCUT2D eigenvalue weighted by Crippen LogP contribution is -1.63. The van der Waals surface area contributed by atoms with Gasteiger partial charge in [-0.3, -0.25) is 0 Å². The highest BCUT2D eigenvalue weighted by Gasteiger charge is 1.68. The predicted molar refractivity (Wildman–Crippen MR) is 56.4 cm³/mol. The summed E-state index contributed by atoms with van der Waals surface area (Å²) in [6, 6.07) is 1.15. The second kappa shape index (κ2) is 23.4. The van der Waals surface area contributed by atoms with E-state index in [0.717, 1.165) is 6.04 Å². The van der Waals surface area contributed by atoms with Crippen LogP contribution in [0.4, 0.5) is 0 Å². The number of hydrogen-bond donors (Lipinski definition) is 0. The summed E-state index contributed by atoms with van der Waals surface area (Å²) >= 11 is 0. The van der Waals surface area contributed by atoms with E-state index in [4.69, 9.17) is 0 Å². The van der Waals surface area contributed by atoms with Gasteiger partial charge in [-0.15, -0.1) is 50.9 Å². The molecule has 0 amide bonds. The third-order valence-electron chi connectivity index (χ3n) is 0.530. The van der Waals surface area contributed by atoms with Crippen molar-refractivity contribution in [3.63, 3.8) is 0 Å². The van der Waals surface area contributed by atoms with Crippen LogP contribution >= 0.6 is 50.9 Å². The Balaban J connectivity index is -0.0000000267. The van der Waals surface area contributed by atoms with E-state index in [-0.39, 0.29) is 50.9 Å². The van der Waals surface area contributed by atoms with E-state index in [1.54, 1.807) is 0 Å². The van der Waals surface area contributed by atoms with Crippen LogP contribution in [-0.2, 0) is 0 Å². The summed E-state index contributed by atoms with van der Waals surface area (Å²) < 4.78 is 0. The Bertz CT molecular complexity index is 18.8. The molecule has 0 saturated carbocycles. The zero-order chi connectivity index (χ0) is 4.12. The normalized spacial score (nSPS) is 5.25. The van der Waals surface area contributed by atoms with Crippen molar-refractivity contribution < 1.29 is 0 Å². The van der Waals surface area contributed by atoms with Crippen LogP contribution in [0.15, 0.2) is 0 Å². The monoisotopic (exact) mass is 325 g/mol. The van der Waals surface area contributed by atoms with Gasteiger partial charge >= 0.3 is 0 Å². The van der Waals surface area contributed by atoms with E-state index >= 15 is 0 Å². The molecular weight excluding hydrogens is 316 g/mol. The standard InChI is InChI=1S/C4H9Si.3BrH/c1-2-3-4-5;;;/h2-4H2,1H3;3*1H. The summed E-state index contributed by atoms with van der Waals surface area (Å²) in [6.45, 7) is 2.18. The van der Waals surface area contributed by atoms with Crippen molar-refractivity contribution in [1.82, 2.24) is 0 Å². The molecule has 0 fully saturated rings. The van der Waals surface area contributed by atoms with Crippen LogP contribution < -0.4 is 0 Å². The average molecular weight is 328 g/mol. The Hall–Kier alpha value is 1.66. The Kier molecular flexibility index (Phi) is 66.2. The van der Waals surface area contributed by atoms with E-state index in [1.807, 2.05) is 0 Å². The number of hydrogen-bond acceptors (Lipinski definition) is 0. The van der Waals surface area contributed by atoms with Gasteiger partial charge in [-0.25, -0.2) is 0 Å². The molecule has 0 aliphatic rings. The van der Waals surface area contributed by atoms with Gasteiger partial charge in [-0.05, 0) is 0 Å². The van der Waals surface area contributed by atoms with Crippen molar-refractivity contribution in [2.24, 2.45) is 0 Å². The van der Waals surface area contributed by atoms with Gasteiger partial charge in [0.25, 0.3) is 0 Å². The number of halogens is 3. The van der Waals surface area contributed by atoms with E-state index in [2.05, 4.69) is 17.2 Å². The first-order valence-electron chi connectivity index (χ1n) is 2.06. The average Bonchev–Trinajstić information content (AvgIpc) is 1.41. The molecule has 0 heterocycles. The molecule has 3 radical (unpaired) electrons. The van der Waals surface area contributed by atoms with Gasteiger partial charge < -0.3 is 0 Å². The van der Waals surface area contributed by atoms with E-state index < -0.39 is 0 Å². The molecule has 0 aliphatic carbocycles. The summed E-state index contributed by atoms with van der Waals surface area (Å²) in [5.41, 5.74) is 0. The fourth-order valence-electron chi connectivity index (χ4n) is 0.177. The van der Waals surface area contributed by atoms with Crippen LogP contribution in [0.1, 0.15) is 19.8 Å². The second-order valence-electron chi connectivity index (χ2n) is 1.10. The smallest absolute Gasteiger partial charge is 0.0222 e. The SMILES string of the molecule is Br.Br.Br.CCCC[Si]. The van der Waals surface area contributed by atoms with Crippen molar-refractivity contribution in [2.45, 2.75) is 25.8 Å². The maximum Gasteiger partial charge on any atom is 0.0222 e. The number of rotatable bonds is 2. The van der Waals surface area contributed by atoms with Gasteiger partial charge in [-0.1, -0.05) is 25.8 Å². The first kappa shape index (κ1) is 22.6. The van der Waals surface area contributed by atoms with Crippen molar-refractivity contribution in [3.05, 3.63) is 0 Å². The molecule has 0 aromatic rings. The van der Waals surface area contributed by atoms with Crippen LogP contribution in [0.3, 0.4) is 0 Å². The molecule has 0 atom stereocenters. The van der Waals surface area contributed by atoms with E-state index in [9.17, 15) is 0 Å². The van der Waals surface area contributed by atoms with Gasteiger partial charge in [-0.2, -0.15) is 0 Å². The molecule has 8 heavy (non-hydrogen) atoms. The van der Waals surface area contributed by atoms with Gasteiger partial charge in [0.05, 0.1) is 0 Å². The maximum absolute atomic E-state index is 3.35. The summed E-state index contributed by atoms with van der Waals surface area (Å²) in [7, 11) is 3.35. The Morgan fingerprint density at radius 3 is 1.50 bits per heavy atom. The van der Waals surface area contributed by atoms with Gasteiger partial charge in [0, 0.05) is 10.2 Å². The van der Waals surface area contributed by atoms with Gasteiger partial charge in [0.15, 0.2) is 0 Å². The Morgan fingerprint density at radius 2 is 1.50 bits per heavy atom. The third kappa shape index (κ3) is 25.4. The molecule has 0 rings (SSSR count). The lowest BCUT2D eigenvalue weighted by molar-refractivity contribution is 0.884. The van der Waals surface area contributed by atoms with Crippen LogP contribution in [0.25, 0.3) is 0 Å². The molecule has 0 spiro atoms. The van der Waals surface area contributed by atoms with Crippen molar-refractivity contribution in [1.29, 1.82) is 0 Å². The summed E-state index contributed by atoms with van der Waals surface area (Å²) in [6.07, 6.45) is 2.60. The summed E-state index contributed by atoms with van der Waals surface area (Å²) in [4.78, 5) is 0. The largest absolute Gasteiger partial charge is 0.114 e. The minimum atomic E-state index is 0. The topological polar surface area (TPSA) is 0 Å². The molecule has 0 aliphatic heterocycles.